The summed E-state index contributed by atoms with van der Waals surface area (Å²) in [5.74, 6) is -0.695. The van der Waals surface area contributed by atoms with Crippen LogP contribution in [0.25, 0.3) is 6.08 Å². The Labute approximate surface area is 108 Å². The first-order valence-corrected chi connectivity index (χ1v) is 6.43. The Morgan fingerprint density at radius 1 is 1.39 bits per heavy atom. The molecule has 96 valence electrons. The Bertz CT molecular complexity index is 414. The fraction of sp³-hybridized carbons (Fsp3) is 0.400. The van der Waals surface area contributed by atoms with E-state index in [0.29, 0.717) is 0 Å². The molecule has 3 nitrogen and oxygen atoms in total. The Balaban J connectivity index is 1.86. The Hall–Kier alpha value is -1.61. The maximum Gasteiger partial charge on any atom is 0.304 e. The molecule has 1 atom stereocenters. The molecular formula is C15H19NO2. The zero-order valence-corrected chi connectivity index (χ0v) is 10.5. The van der Waals surface area contributed by atoms with E-state index in [1.165, 1.54) is 5.56 Å². The highest BCUT2D eigenvalue weighted by Gasteiger charge is 2.25. The molecule has 1 aromatic rings. The standard InChI is InChI=1S/C15H19NO2/c17-15(18)12-14-9-5-11-16(14)10-4-8-13-6-2-1-3-7-13/h1-4,6-8,14H,5,9-12H2,(H,17,18)/b8-4+. The van der Waals surface area contributed by atoms with Gasteiger partial charge >= 0.3 is 5.97 Å². The highest BCUT2D eigenvalue weighted by molar-refractivity contribution is 5.67. The van der Waals surface area contributed by atoms with Gasteiger partial charge in [0.05, 0.1) is 6.42 Å². The van der Waals surface area contributed by atoms with Gasteiger partial charge < -0.3 is 5.11 Å². The lowest BCUT2D eigenvalue weighted by Gasteiger charge is -2.21. The fourth-order valence-corrected chi connectivity index (χ4v) is 2.46. The van der Waals surface area contributed by atoms with E-state index in [0.717, 1.165) is 25.9 Å². The Morgan fingerprint density at radius 3 is 2.89 bits per heavy atom. The van der Waals surface area contributed by atoms with E-state index in [2.05, 4.69) is 29.2 Å². The molecule has 0 spiro atoms. The van der Waals surface area contributed by atoms with Gasteiger partial charge in [-0.25, -0.2) is 0 Å². The van der Waals surface area contributed by atoms with E-state index in [1.54, 1.807) is 0 Å². The van der Waals surface area contributed by atoms with Gasteiger partial charge in [-0.3, -0.25) is 9.69 Å². The molecule has 1 saturated heterocycles. The topological polar surface area (TPSA) is 40.5 Å². The molecule has 1 unspecified atom stereocenters. The van der Waals surface area contributed by atoms with Crippen LogP contribution in [0.5, 0.6) is 0 Å². The molecule has 1 aromatic carbocycles. The van der Waals surface area contributed by atoms with Gasteiger partial charge in [0.15, 0.2) is 0 Å². The third-order valence-corrected chi connectivity index (χ3v) is 3.36. The normalized spacial score (nSPS) is 20.6. The molecule has 1 aliphatic heterocycles. The molecule has 0 aromatic heterocycles. The number of likely N-dealkylation sites (tertiary alicyclic amines) is 1. The van der Waals surface area contributed by atoms with Gasteiger partial charge in [0, 0.05) is 12.6 Å². The maximum absolute atomic E-state index is 10.8. The van der Waals surface area contributed by atoms with Gasteiger partial charge in [-0.1, -0.05) is 42.5 Å². The summed E-state index contributed by atoms with van der Waals surface area (Å²) in [6.07, 6.45) is 6.59. The second-order valence-electron chi connectivity index (χ2n) is 4.70. The SMILES string of the molecule is O=C(O)CC1CCCN1C/C=C/c1ccccc1. The number of carboxylic acid groups (broad SMARTS) is 1. The van der Waals surface area contributed by atoms with Gasteiger partial charge in [-0.05, 0) is 24.9 Å². The number of carboxylic acids is 1. The maximum atomic E-state index is 10.8. The van der Waals surface area contributed by atoms with Gasteiger partial charge in [-0.15, -0.1) is 0 Å². The van der Waals surface area contributed by atoms with Crippen molar-refractivity contribution < 1.29 is 9.90 Å². The number of aliphatic carboxylic acids is 1. The van der Waals surface area contributed by atoms with Crippen LogP contribution in [0.15, 0.2) is 36.4 Å². The first kappa shape index (κ1) is 12.8. The van der Waals surface area contributed by atoms with E-state index in [1.807, 2.05) is 18.2 Å². The van der Waals surface area contributed by atoms with E-state index in [4.69, 9.17) is 5.11 Å². The van der Waals surface area contributed by atoms with Crippen molar-refractivity contribution in [3.63, 3.8) is 0 Å². The molecule has 1 aliphatic rings. The summed E-state index contributed by atoms with van der Waals surface area (Å²) >= 11 is 0. The van der Waals surface area contributed by atoms with Crippen molar-refractivity contribution in [2.75, 3.05) is 13.1 Å². The molecule has 0 amide bonds. The largest absolute Gasteiger partial charge is 0.481 e. The monoisotopic (exact) mass is 245 g/mol. The number of nitrogens with zero attached hydrogens (tertiary/aromatic N) is 1. The van der Waals surface area contributed by atoms with Crippen molar-refractivity contribution in [1.29, 1.82) is 0 Å². The van der Waals surface area contributed by atoms with Crippen LogP contribution in [0, 0.1) is 0 Å². The van der Waals surface area contributed by atoms with Gasteiger partial charge in [-0.2, -0.15) is 0 Å². The summed E-state index contributed by atoms with van der Waals surface area (Å²) in [5, 5.41) is 8.85. The predicted octanol–water partition coefficient (Wildman–Crippen LogP) is 2.64. The molecule has 1 N–H and O–H groups in total. The minimum absolute atomic E-state index is 0.211. The lowest BCUT2D eigenvalue weighted by atomic mass is 10.1. The third-order valence-electron chi connectivity index (χ3n) is 3.36. The first-order valence-electron chi connectivity index (χ1n) is 6.43. The lowest BCUT2D eigenvalue weighted by molar-refractivity contribution is -0.138. The van der Waals surface area contributed by atoms with E-state index in [9.17, 15) is 4.79 Å². The average molecular weight is 245 g/mol. The van der Waals surface area contributed by atoms with Gasteiger partial charge in [0.25, 0.3) is 0 Å². The summed E-state index contributed by atoms with van der Waals surface area (Å²) in [6, 6.07) is 10.4. The zero-order chi connectivity index (χ0) is 12.8. The van der Waals surface area contributed by atoms with E-state index >= 15 is 0 Å². The van der Waals surface area contributed by atoms with Crippen molar-refractivity contribution in [3.8, 4) is 0 Å². The first-order chi connectivity index (χ1) is 8.75. The second-order valence-corrected chi connectivity index (χ2v) is 4.70. The highest BCUT2D eigenvalue weighted by Crippen LogP contribution is 2.19. The number of hydrogen-bond acceptors (Lipinski definition) is 2. The van der Waals surface area contributed by atoms with Crippen LogP contribution in [0.4, 0.5) is 0 Å². The molecule has 3 heteroatoms. The van der Waals surface area contributed by atoms with Crippen LogP contribution >= 0.6 is 0 Å². The lowest BCUT2D eigenvalue weighted by Crippen LogP contribution is -2.31. The van der Waals surface area contributed by atoms with Crippen molar-refractivity contribution in [2.45, 2.75) is 25.3 Å². The second kappa shape index (κ2) is 6.36. The molecule has 18 heavy (non-hydrogen) atoms. The van der Waals surface area contributed by atoms with Crippen molar-refractivity contribution in [2.24, 2.45) is 0 Å². The van der Waals surface area contributed by atoms with Crippen LogP contribution in [-0.4, -0.2) is 35.1 Å². The predicted molar refractivity (Wildman–Crippen MR) is 72.3 cm³/mol. The number of benzene rings is 1. The average Bonchev–Trinajstić information content (AvgIpc) is 2.77. The molecular weight excluding hydrogens is 226 g/mol. The minimum Gasteiger partial charge on any atom is -0.481 e. The molecule has 2 rings (SSSR count). The fourth-order valence-electron chi connectivity index (χ4n) is 2.46. The van der Waals surface area contributed by atoms with E-state index < -0.39 is 5.97 Å². The molecule has 0 radical (unpaired) electrons. The van der Waals surface area contributed by atoms with Crippen LogP contribution < -0.4 is 0 Å². The number of hydrogen-bond donors (Lipinski definition) is 1. The molecule has 0 bridgehead atoms. The third kappa shape index (κ3) is 3.70. The molecule has 0 aliphatic carbocycles. The summed E-state index contributed by atoms with van der Waals surface area (Å²) in [7, 11) is 0. The Kier molecular flexibility index (Phi) is 4.53. The van der Waals surface area contributed by atoms with Crippen molar-refractivity contribution in [3.05, 3.63) is 42.0 Å². The van der Waals surface area contributed by atoms with E-state index in [-0.39, 0.29) is 12.5 Å². The van der Waals surface area contributed by atoms with Crippen LogP contribution in [0.3, 0.4) is 0 Å². The van der Waals surface area contributed by atoms with Crippen LogP contribution in [-0.2, 0) is 4.79 Å². The number of carbonyl (C=O) groups is 1. The van der Waals surface area contributed by atoms with Crippen molar-refractivity contribution in [1.82, 2.24) is 4.90 Å². The quantitative estimate of drug-likeness (QED) is 0.867. The van der Waals surface area contributed by atoms with Gasteiger partial charge in [0.2, 0.25) is 0 Å². The van der Waals surface area contributed by atoms with Crippen molar-refractivity contribution >= 4 is 12.0 Å². The summed E-state index contributed by atoms with van der Waals surface area (Å²) in [4.78, 5) is 13.0. The molecule has 0 saturated carbocycles. The zero-order valence-electron chi connectivity index (χ0n) is 10.5. The highest BCUT2D eigenvalue weighted by atomic mass is 16.4. The van der Waals surface area contributed by atoms with Gasteiger partial charge in [0.1, 0.15) is 0 Å². The van der Waals surface area contributed by atoms with Crippen LogP contribution in [0.1, 0.15) is 24.8 Å². The van der Waals surface area contributed by atoms with Crippen LogP contribution in [0.2, 0.25) is 0 Å². The summed E-state index contributed by atoms with van der Waals surface area (Å²) < 4.78 is 0. The Morgan fingerprint density at radius 2 is 2.17 bits per heavy atom. The molecule has 1 heterocycles. The number of rotatable bonds is 5. The summed E-state index contributed by atoms with van der Waals surface area (Å²) in [6.45, 7) is 1.85. The minimum atomic E-state index is -0.695. The smallest absolute Gasteiger partial charge is 0.304 e. The summed E-state index contributed by atoms with van der Waals surface area (Å²) in [5.41, 5.74) is 1.19. The molecule has 1 fully saturated rings.